The van der Waals surface area contributed by atoms with E-state index in [1.165, 1.54) is 11.8 Å². The first kappa shape index (κ1) is 17.1. The van der Waals surface area contributed by atoms with Crippen LogP contribution < -0.4 is 10.1 Å². The van der Waals surface area contributed by atoms with E-state index < -0.39 is 0 Å². The van der Waals surface area contributed by atoms with Gasteiger partial charge in [-0.1, -0.05) is 11.8 Å². The van der Waals surface area contributed by atoms with Crippen molar-refractivity contribution in [1.29, 1.82) is 0 Å². The Morgan fingerprint density at radius 1 is 1.58 bits per heavy atom. The van der Waals surface area contributed by atoms with Crippen molar-refractivity contribution < 1.29 is 14.3 Å². The van der Waals surface area contributed by atoms with E-state index in [0.29, 0.717) is 13.2 Å². The van der Waals surface area contributed by atoms with E-state index >= 15 is 0 Å². The number of H-pyrrole nitrogens is 1. The third-order valence-electron chi connectivity index (χ3n) is 3.93. The molecule has 1 amide bonds. The number of benzene rings is 1. The van der Waals surface area contributed by atoms with Crippen LogP contribution in [0.25, 0.3) is 11.0 Å². The Hall–Kier alpha value is -1.73. The number of fused-ring (bicyclic) bond motifs is 1. The summed E-state index contributed by atoms with van der Waals surface area (Å²) in [6, 6.07) is 5.75. The molecule has 2 heterocycles. The molecule has 0 radical (unpaired) electrons. The molecule has 2 N–H and O–H groups in total. The van der Waals surface area contributed by atoms with Gasteiger partial charge in [0.15, 0.2) is 5.16 Å². The molecule has 1 aromatic heterocycles. The van der Waals surface area contributed by atoms with Crippen LogP contribution in [0.2, 0.25) is 0 Å². The highest BCUT2D eigenvalue weighted by Crippen LogP contribution is 2.26. The van der Waals surface area contributed by atoms with Gasteiger partial charge in [0.25, 0.3) is 0 Å². The summed E-state index contributed by atoms with van der Waals surface area (Å²) in [5.74, 6) is 0.818. The average Bonchev–Trinajstić information content (AvgIpc) is 3.21. The maximum atomic E-state index is 12.2. The van der Waals surface area contributed by atoms with Gasteiger partial charge >= 0.3 is 0 Å². The van der Waals surface area contributed by atoms with E-state index in [0.717, 1.165) is 41.4 Å². The van der Waals surface area contributed by atoms with Crippen molar-refractivity contribution in [2.24, 2.45) is 0 Å². The van der Waals surface area contributed by atoms with Crippen LogP contribution in [0.1, 0.15) is 26.7 Å². The lowest BCUT2D eigenvalue weighted by Crippen LogP contribution is -2.36. The number of hydrogen-bond donors (Lipinski definition) is 2. The van der Waals surface area contributed by atoms with Crippen LogP contribution >= 0.6 is 11.8 Å². The molecule has 7 heteroatoms. The lowest BCUT2D eigenvalue weighted by Gasteiger charge is -2.13. The summed E-state index contributed by atoms with van der Waals surface area (Å²) in [6.45, 7) is 5.85. The monoisotopic (exact) mass is 349 g/mol. The fourth-order valence-corrected chi connectivity index (χ4v) is 3.51. The number of imidazole rings is 1. The van der Waals surface area contributed by atoms with Crippen molar-refractivity contribution in [2.45, 2.75) is 43.2 Å². The van der Waals surface area contributed by atoms with Gasteiger partial charge in [-0.15, -0.1) is 0 Å². The second-order valence-electron chi connectivity index (χ2n) is 5.79. The van der Waals surface area contributed by atoms with E-state index in [-0.39, 0.29) is 17.3 Å². The molecule has 1 aromatic carbocycles. The molecule has 6 nitrogen and oxygen atoms in total. The van der Waals surface area contributed by atoms with Crippen LogP contribution in [-0.2, 0) is 9.53 Å². The van der Waals surface area contributed by atoms with Crippen LogP contribution in [0.5, 0.6) is 5.75 Å². The van der Waals surface area contributed by atoms with Gasteiger partial charge in [-0.3, -0.25) is 4.79 Å². The number of aromatic amines is 1. The fourth-order valence-electron chi connectivity index (χ4n) is 2.66. The fraction of sp³-hybridized carbons (Fsp3) is 0.529. The van der Waals surface area contributed by atoms with Gasteiger partial charge in [0, 0.05) is 19.2 Å². The summed E-state index contributed by atoms with van der Waals surface area (Å²) >= 11 is 1.42. The van der Waals surface area contributed by atoms with Crippen molar-refractivity contribution >= 4 is 28.7 Å². The predicted molar refractivity (Wildman–Crippen MR) is 94.6 cm³/mol. The molecular formula is C17H23N3O3S. The summed E-state index contributed by atoms with van der Waals surface area (Å²) in [4.78, 5) is 20.0. The number of hydrogen-bond acceptors (Lipinski definition) is 5. The Balaban J connectivity index is 1.57. The van der Waals surface area contributed by atoms with Gasteiger partial charge in [-0.2, -0.15) is 0 Å². The Kier molecular flexibility index (Phi) is 5.63. The van der Waals surface area contributed by atoms with E-state index in [1.54, 1.807) is 0 Å². The molecule has 1 fully saturated rings. The largest absolute Gasteiger partial charge is 0.494 e. The highest BCUT2D eigenvalue weighted by atomic mass is 32.2. The molecule has 0 aliphatic carbocycles. The molecule has 24 heavy (non-hydrogen) atoms. The van der Waals surface area contributed by atoms with E-state index in [9.17, 15) is 4.79 Å². The second-order valence-corrected chi connectivity index (χ2v) is 7.12. The number of amides is 1. The van der Waals surface area contributed by atoms with Crippen LogP contribution in [0.4, 0.5) is 0 Å². The summed E-state index contributed by atoms with van der Waals surface area (Å²) in [5.41, 5.74) is 1.78. The molecule has 0 spiro atoms. The number of aromatic nitrogens is 2. The standard InChI is InChI=1S/C17H23N3O3S/c1-3-22-12-6-7-14-15(9-12)20-17(19-14)24-11(2)16(21)18-10-13-5-4-8-23-13/h6-7,9,11,13H,3-5,8,10H2,1-2H3,(H,18,21)(H,19,20). The zero-order valence-electron chi connectivity index (χ0n) is 14.0. The minimum Gasteiger partial charge on any atom is -0.494 e. The molecule has 3 rings (SSSR count). The van der Waals surface area contributed by atoms with Gasteiger partial charge < -0.3 is 19.8 Å². The zero-order chi connectivity index (χ0) is 16.9. The Labute approximate surface area is 145 Å². The Bertz CT molecular complexity index is 697. The zero-order valence-corrected chi connectivity index (χ0v) is 14.8. The quantitative estimate of drug-likeness (QED) is 0.752. The predicted octanol–water partition coefficient (Wildman–Crippen LogP) is 2.74. The van der Waals surface area contributed by atoms with Crippen LogP contribution in [-0.4, -0.2) is 47.0 Å². The highest BCUT2D eigenvalue weighted by Gasteiger charge is 2.20. The summed E-state index contributed by atoms with van der Waals surface area (Å²) < 4.78 is 11.0. The maximum absolute atomic E-state index is 12.2. The van der Waals surface area contributed by atoms with Gasteiger partial charge in [-0.05, 0) is 38.8 Å². The average molecular weight is 349 g/mol. The van der Waals surface area contributed by atoms with Gasteiger partial charge in [0.2, 0.25) is 5.91 Å². The highest BCUT2D eigenvalue weighted by molar-refractivity contribution is 8.00. The van der Waals surface area contributed by atoms with E-state index in [4.69, 9.17) is 9.47 Å². The first-order valence-corrected chi connectivity index (χ1v) is 9.22. The van der Waals surface area contributed by atoms with E-state index in [1.807, 2.05) is 32.0 Å². The number of carbonyl (C=O) groups is 1. The summed E-state index contributed by atoms with van der Waals surface area (Å²) in [5, 5.41) is 3.47. The lowest BCUT2D eigenvalue weighted by atomic mass is 10.2. The van der Waals surface area contributed by atoms with E-state index in [2.05, 4.69) is 15.3 Å². The van der Waals surface area contributed by atoms with Gasteiger partial charge in [0.05, 0.1) is 29.0 Å². The maximum Gasteiger partial charge on any atom is 0.233 e. The van der Waals surface area contributed by atoms with Crippen molar-refractivity contribution in [3.05, 3.63) is 18.2 Å². The molecule has 0 bridgehead atoms. The summed E-state index contributed by atoms with van der Waals surface area (Å²) in [7, 11) is 0. The van der Waals surface area contributed by atoms with Crippen molar-refractivity contribution in [3.8, 4) is 5.75 Å². The summed E-state index contributed by atoms with van der Waals surface area (Å²) in [6.07, 6.45) is 2.26. The second kappa shape index (κ2) is 7.90. The third-order valence-corrected chi connectivity index (χ3v) is 4.91. The smallest absolute Gasteiger partial charge is 0.233 e. The first-order valence-electron chi connectivity index (χ1n) is 8.34. The minimum absolute atomic E-state index is 0.00552. The van der Waals surface area contributed by atoms with Gasteiger partial charge in [-0.25, -0.2) is 4.98 Å². The number of carbonyl (C=O) groups excluding carboxylic acids is 1. The number of nitrogens with one attached hydrogen (secondary N) is 2. The molecule has 2 aromatic rings. The Morgan fingerprint density at radius 3 is 3.21 bits per heavy atom. The minimum atomic E-state index is -0.224. The molecular weight excluding hydrogens is 326 g/mol. The molecule has 130 valence electrons. The molecule has 1 aliphatic heterocycles. The molecule has 1 aliphatic rings. The van der Waals surface area contributed by atoms with Gasteiger partial charge in [0.1, 0.15) is 5.75 Å². The number of rotatable bonds is 7. The van der Waals surface area contributed by atoms with Crippen LogP contribution in [0, 0.1) is 0 Å². The SMILES string of the molecule is CCOc1ccc2nc(SC(C)C(=O)NCC3CCCO3)[nH]c2c1. The molecule has 1 saturated heterocycles. The molecule has 2 atom stereocenters. The molecule has 2 unspecified atom stereocenters. The number of nitrogens with zero attached hydrogens (tertiary/aromatic N) is 1. The van der Waals surface area contributed by atoms with Crippen molar-refractivity contribution in [3.63, 3.8) is 0 Å². The lowest BCUT2D eigenvalue weighted by molar-refractivity contribution is -0.120. The van der Waals surface area contributed by atoms with Crippen LogP contribution in [0.3, 0.4) is 0 Å². The van der Waals surface area contributed by atoms with Crippen LogP contribution in [0.15, 0.2) is 23.4 Å². The third kappa shape index (κ3) is 4.21. The normalized spacial score (nSPS) is 18.7. The number of thioether (sulfide) groups is 1. The van der Waals surface area contributed by atoms with Crippen molar-refractivity contribution in [1.82, 2.24) is 15.3 Å². The molecule has 0 saturated carbocycles. The Morgan fingerprint density at radius 2 is 2.46 bits per heavy atom. The number of ether oxygens (including phenoxy) is 2. The first-order chi connectivity index (χ1) is 11.7. The van der Waals surface area contributed by atoms with Crippen molar-refractivity contribution in [2.75, 3.05) is 19.8 Å². The topological polar surface area (TPSA) is 76.2 Å².